The van der Waals surface area contributed by atoms with Crippen LogP contribution in [0, 0.1) is 0 Å². The Morgan fingerprint density at radius 1 is 1.47 bits per heavy atom. The summed E-state index contributed by atoms with van der Waals surface area (Å²) in [5.74, 6) is 0.343. The van der Waals surface area contributed by atoms with E-state index in [1.807, 2.05) is 0 Å². The minimum atomic E-state index is -1.07. The first-order chi connectivity index (χ1) is 6.81. The Morgan fingerprint density at radius 3 is 2.53 bits per heavy atom. The average Bonchev–Trinajstić information content (AvgIpc) is 2.47. The largest absolute Gasteiger partial charge is 0.465 e. The molecule has 1 unspecified atom stereocenters. The van der Waals surface area contributed by atoms with Crippen LogP contribution in [0.25, 0.3) is 0 Å². The number of thioether (sulfide) groups is 1. The molecule has 0 aromatic carbocycles. The quantitative estimate of drug-likeness (QED) is 0.693. The van der Waals surface area contributed by atoms with Gasteiger partial charge in [-0.05, 0) is 20.8 Å². The molecule has 1 N–H and O–H groups in total. The summed E-state index contributed by atoms with van der Waals surface area (Å²) in [6.07, 6.45) is -1.07. The molecule has 1 aliphatic heterocycles. The molecule has 1 amide bonds. The highest BCUT2D eigenvalue weighted by atomic mass is 32.2. The van der Waals surface area contributed by atoms with Crippen molar-refractivity contribution in [3.05, 3.63) is 0 Å². The fraction of sp³-hybridized carbons (Fsp3) is 0.778. The van der Waals surface area contributed by atoms with E-state index in [9.17, 15) is 9.59 Å². The lowest BCUT2D eigenvalue weighted by Gasteiger charge is -2.25. The predicted molar refractivity (Wildman–Crippen MR) is 56.8 cm³/mol. The topological polar surface area (TPSA) is 66.8 Å². The Hall–Kier alpha value is -0.910. The van der Waals surface area contributed by atoms with Crippen LogP contribution in [0.1, 0.15) is 20.8 Å². The first-order valence-electron chi connectivity index (χ1n) is 4.61. The Labute approximate surface area is 92.8 Å². The van der Waals surface area contributed by atoms with Crippen molar-refractivity contribution in [2.24, 2.45) is 0 Å². The summed E-state index contributed by atoms with van der Waals surface area (Å²) in [6.45, 7) is 5.29. The number of amides is 1. The van der Waals surface area contributed by atoms with E-state index in [-0.39, 0.29) is 0 Å². The van der Waals surface area contributed by atoms with Crippen LogP contribution in [0.3, 0.4) is 0 Å². The molecule has 1 fully saturated rings. The molecule has 1 rings (SSSR count). The van der Waals surface area contributed by atoms with E-state index in [1.54, 1.807) is 20.8 Å². The number of rotatable bonds is 1. The summed E-state index contributed by atoms with van der Waals surface area (Å²) >= 11 is 1.42. The molecule has 1 saturated heterocycles. The van der Waals surface area contributed by atoms with E-state index in [0.717, 1.165) is 4.90 Å². The van der Waals surface area contributed by atoms with Crippen LogP contribution in [0.4, 0.5) is 4.79 Å². The van der Waals surface area contributed by atoms with Crippen LogP contribution in [0.15, 0.2) is 0 Å². The molecule has 0 aromatic rings. The van der Waals surface area contributed by atoms with Crippen LogP contribution in [0.2, 0.25) is 0 Å². The first kappa shape index (κ1) is 12.2. The highest BCUT2D eigenvalue weighted by Crippen LogP contribution is 2.23. The van der Waals surface area contributed by atoms with Crippen molar-refractivity contribution in [3.63, 3.8) is 0 Å². The Bertz CT molecular complexity index is 274. The highest BCUT2D eigenvalue weighted by molar-refractivity contribution is 7.99. The molecule has 1 heterocycles. The number of esters is 1. The maximum absolute atomic E-state index is 11.6. The number of carboxylic acid groups (broad SMARTS) is 1. The molecule has 0 bridgehead atoms. The standard InChI is InChI=1S/C9H15NO4S/c1-9(2,3)14-7(11)6-4-15-5-10(6)8(12)13/h6H,4-5H2,1-3H3,(H,12,13). The van der Waals surface area contributed by atoms with Gasteiger partial charge in [0.25, 0.3) is 0 Å². The number of ether oxygens (including phenoxy) is 1. The second kappa shape index (κ2) is 4.30. The molecule has 1 atom stereocenters. The zero-order valence-corrected chi connectivity index (χ0v) is 9.84. The van der Waals surface area contributed by atoms with Gasteiger partial charge in [-0.3, -0.25) is 4.90 Å². The summed E-state index contributed by atoms with van der Waals surface area (Å²) in [7, 11) is 0. The lowest BCUT2D eigenvalue weighted by atomic mass is 10.2. The number of nitrogens with zero attached hydrogens (tertiary/aromatic N) is 1. The van der Waals surface area contributed by atoms with Crippen LogP contribution < -0.4 is 0 Å². The van der Waals surface area contributed by atoms with Gasteiger partial charge in [0.15, 0.2) is 0 Å². The third-order valence-corrected chi connectivity index (χ3v) is 2.82. The zero-order valence-electron chi connectivity index (χ0n) is 9.02. The molecule has 5 nitrogen and oxygen atoms in total. The Balaban J connectivity index is 2.63. The Kier molecular flexibility index (Phi) is 3.49. The van der Waals surface area contributed by atoms with E-state index in [0.29, 0.717) is 11.6 Å². The van der Waals surface area contributed by atoms with Gasteiger partial charge in [0.05, 0.1) is 5.88 Å². The molecule has 6 heteroatoms. The van der Waals surface area contributed by atoms with E-state index >= 15 is 0 Å². The molecule has 86 valence electrons. The molecule has 15 heavy (non-hydrogen) atoms. The van der Waals surface area contributed by atoms with E-state index in [2.05, 4.69) is 0 Å². The maximum atomic E-state index is 11.6. The second-order valence-corrected chi connectivity index (χ2v) is 5.30. The fourth-order valence-electron chi connectivity index (χ4n) is 1.20. The third-order valence-electron chi connectivity index (χ3n) is 1.81. The SMILES string of the molecule is CC(C)(C)OC(=O)C1CSCN1C(=O)O. The van der Waals surface area contributed by atoms with E-state index < -0.39 is 23.7 Å². The van der Waals surface area contributed by atoms with Gasteiger partial charge in [0.1, 0.15) is 11.6 Å². The third kappa shape index (κ3) is 3.30. The molecule has 1 aliphatic rings. The van der Waals surface area contributed by atoms with Crippen molar-refractivity contribution < 1.29 is 19.4 Å². The van der Waals surface area contributed by atoms with Crippen molar-refractivity contribution in [3.8, 4) is 0 Å². The lowest BCUT2D eigenvalue weighted by Crippen LogP contribution is -2.44. The highest BCUT2D eigenvalue weighted by Gasteiger charge is 2.37. The summed E-state index contributed by atoms with van der Waals surface area (Å²) in [4.78, 5) is 23.5. The van der Waals surface area contributed by atoms with Crippen molar-refractivity contribution in [2.45, 2.75) is 32.4 Å². The zero-order chi connectivity index (χ0) is 11.6. The molecule has 0 spiro atoms. The number of carbonyl (C=O) groups excluding carboxylic acids is 1. The fourth-order valence-corrected chi connectivity index (χ4v) is 2.33. The lowest BCUT2D eigenvalue weighted by molar-refractivity contribution is -0.159. The van der Waals surface area contributed by atoms with Gasteiger partial charge >= 0.3 is 12.1 Å². The summed E-state index contributed by atoms with van der Waals surface area (Å²) in [5, 5.41) is 8.84. The molecule has 0 radical (unpaired) electrons. The first-order valence-corrected chi connectivity index (χ1v) is 5.77. The van der Waals surface area contributed by atoms with Gasteiger partial charge in [-0.2, -0.15) is 0 Å². The maximum Gasteiger partial charge on any atom is 0.408 e. The normalized spacial score (nSPS) is 21.5. The van der Waals surface area contributed by atoms with Gasteiger partial charge in [0, 0.05) is 5.75 Å². The van der Waals surface area contributed by atoms with Gasteiger partial charge in [-0.15, -0.1) is 11.8 Å². The minimum absolute atomic E-state index is 0.333. The monoisotopic (exact) mass is 233 g/mol. The minimum Gasteiger partial charge on any atom is -0.465 e. The van der Waals surface area contributed by atoms with E-state index in [4.69, 9.17) is 9.84 Å². The van der Waals surface area contributed by atoms with Gasteiger partial charge < -0.3 is 9.84 Å². The summed E-state index contributed by atoms with van der Waals surface area (Å²) in [5.41, 5.74) is -0.575. The molecule has 0 aliphatic carbocycles. The van der Waals surface area contributed by atoms with Crippen molar-refractivity contribution >= 4 is 23.8 Å². The van der Waals surface area contributed by atoms with E-state index in [1.165, 1.54) is 11.8 Å². The number of hydrogen-bond donors (Lipinski definition) is 1. The number of carbonyl (C=O) groups is 2. The van der Waals surface area contributed by atoms with Gasteiger partial charge in [-0.1, -0.05) is 0 Å². The molecular formula is C9H15NO4S. The summed E-state index contributed by atoms with van der Waals surface area (Å²) < 4.78 is 5.14. The number of hydrogen-bond acceptors (Lipinski definition) is 4. The molecule has 0 aromatic heterocycles. The van der Waals surface area contributed by atoms with Crippen LogP contribution >= 0.6 is 11.8 Å². The molecule has 0 saturated carbocycles. The van der Waals surface area contributed by atoms with Gasteiger partial charge in [0.2, 0.25) is 0 Å². The Morgan fingerprint density at radius 2 is 2.07 bits per heavy atom. The smallest absolute Gasteiger partial charge is 0.408 e. The van der Waals surface area contributed by atoms with Crippen LogP contribution in [-0.2, 0) is 9.53 Å². The average molecular weight is 233 g/mol. The second-order valence-electron chi connectivity index (χ2n) is 4.30. The van der Waals surface area contributed by atoms with Crippen molar-refractivity contribution in [2.75, 3.05) is 11.6 Å². The van der Waals surface area contributed by atoms with Crippen molar-refractivity contribution in [1.82, 2.24) is 4.90 Å². The van der Waals surface area contributed by atoms with Gasteiger partial charge in [-0.25, -0.2) is 9.59 Å². The van der Waals surface area contributed by atoms with Crippen LogP contribution in [-0.4, -0.2) is 45.3 Å². The van der Waals surface area contributed by atoms with Crippen molar-refractivity contribution in [1.29, 1.82) is 0 Å². The summed E-state index contributed by atoms with van der Waals surface area (Å²) in [6, 6.07) is -0.660. The van der Waals surface area contributed by atoms with Crippen LogP contribution in [0.5, 0.6) is 0 Å². The predicted octanol–water partition coefficient (Wildman–Crippen LogP) is 1.38. The molecular weight excluding hydrogens is 218 g/mol.